The number of anilines is 1. The fourth-order valence-corrected chi connectivity index (χ4v) is 3.98. The summed E-state index contributed by atoms with van der Waals surface area (Å²) in [6, 6.07) is 17.5. The van der Waals surface area contributed by atoms with Gasteiger partial charge in [0.15, 0.2) is 0 Å². The third kappa shape index (κ3) is 4.11. The Morgan fingerprint density at radius 3 is 2.41 bits per heavy atom. The van der Waals surface area contributed by atoms with E-state index in [0.29, 0.717) is 11.3 Å². The standard InChI is InChI=1S/C21H22N2O3S/c1-14(2)22-21(24)19-13-17(12-11-15(19)3)27(25,26)23-20-10-6-8-16-7-4-5-9-18(16)20/h4-14,23H,1-3H3,(H,22,24). The molecule has 0 aliphatic rings. The highest BCUT2D eigenvalue weighted by atomic mass is 32.2. The van der Waals surface area contributed by atoms with Crippen LogP contribution >= 0.6 is 0 Å². The highest BCUT2D eigenvalue weighted by molar-refractivity contribution is 7.92. The third-order valence-electron chi connectivity index (χ3n) is 4.22. The van der Waals surface area contributed by atoms with Crippen LogP contribution in [0, 0.1) is 6.92 Å². The summed E-state index contributed by atoms with van der Waals surface area (Å²) >= 11 is 0. The van der Waals surface area contributed by atoms with Gasteiger partial charge in [0.2, 0.25) is 0 Å². The molecule has 0 spiro atoms. The predicted octanol–water partition coefficient (Wildman–Crippen LogP) is 4.09. The van der Waals surface area contributed by atoms with E-state index in [4.69, 9.17) is 0 Å². The van der Waals surface area contributed by atoms with E-state index in [2.05, 4.69) is 10.0 Å². The van der Waals surface area contributed by atoms with Gasteiger partial charge < -0.3 is 5.32 Å². The smallest absolute Gasteiger partial charge is 0.261 e. The van der Waals surface area contributed by atoms with Gasteiger partial charge in [0, 0.05) is 17.0 Å². The van der Waals surface area contributed by atoms with Crippen LogP contribution in [0.3, 0.4) is 0 Å². The maximum Gasteiger partial charge on any atom is 0.261 e. The van der Waals surface area contributed by atoms with Crippen LogP contribution in [0.15, 0.2) is 65.6 Å². The molecule has 3 rings (SSSR count). The summed E-state index contributed by atoms with van der Waals surface area (Å²) < 4.78 is 28.5. The first-order valence-corrected chi connectivity index (χ1v) is 10.2. The summed E-state index contributed by atoms with van der Waals surface area (Å²) in [4.78, 5) is 12.4. The molecule has 0 aliphatic carbocycles. The average Bonchev–Trinajstić information content (AvgIpc) is 2.61. The van der Waals surface area contributed by atoms with Crippen molar-refractivity contribution in [3.63, 3.8) is 0 Å². The Balaban J connectivity index is 1.99. The number of benzene rings is 3. The topological polar surface area (TPSA) is 75.3 Å². The van der Waals surface area contributed by atoms with E-state index in [0.717, 1.165) is 16.3 Å². The van der Waals surface area contributed by atoms with E-state index in [-0.39, 0.29) is 16.8 Å². The lowest BCUT2D eigenvalue weighted by molar-refractivity contribution is 0.0942. The number of carbonyl (C=O) groups is 1. The predicted molar refractivity (Wildman–Crippen MR) is 109 cm³/mol. The SMILES string of the molecule is Cc1ccc(S(=O)(=O)Nc2cccc3ccccc23)cc1C(=O)NC(C)C. The van der Waals surface area contributed by atoms with Gasteiger partial charge in [-0.1, -0.05) is 42.5 Å². The van der Waals surface area contributed by atoms with Crippen LogP contribution in [0.1, 0.15) is 29.8 Å². The van der Waals surface area contributed by atoms with Gasteiger partial charge in [-0.3, -0.25) is 9.52 Å². The minimum atomic E-state index is -3.84. The number of nitrogens with one attached hydrogen (secondary N) is 2. The average molecular weight is 382 g/mol. The van der Waals surface area contributed by atoms with Crippen LogP contribution in [0.2, 0.25) is 0 Å². The van der Waals surface area contributed by atoms with Crippen LogP contribution in [0.4, 0.5) is 5.69 Å². The van der Waals surface area contributed by atoms with Crippen molar-refractivity contribution >= 4 is 32.4 Å². The summed E-state index contributed by atoms with van der Waals surface area (Å²) in [6.45, 7) is 5.50. The van der Waals surface area contributed by atoms with Gasteiger partial charge in [-0.05, 0) is 49.9 Å². The Kier molecular flexibility index (Phi) is 5.19. The second-order valence-corrected chi connectivity index (χ2v) is 8.42. The zero-order valence-corrected chi connectivity index (χ0v) is 16.3. The monoisotopic (exact) mass is 382 g/mol. The third-order valence-corrected chi connectivity index (χ3v) is 5.58. The first-order chi connectivity index (χ1) is 12.8. The largest absolute Gasteiger partial charge is 0.350 e. The molecular formula is C21H22N2O3S. The van der Waals surface area contributed by atoms with Gasteiger partial charge >= 0.3 is 0 Å². The molecule has 6 heteroatoms. The number of hydrogen-bond donors (Lipinski definition) is 2. The number of aryl methyl sites for hydroxylation is 1. The van der Waals surface area contributed by atoms with E-state index in [1.807, 2.05) is 44.2 Å². The zero-order chi connectivity index (χ0) is 19.6. The van der Waals surface area contributed by atoms with Crippen LogP contribution < -0.4 is 10.0 Å². The summed E-state index contributed by atoms with van der Waals surface area (Å²) in [5, 5.41) is 4.55. The molecule has 3 aromatic carbocycles. The molecule has 3 aromatic rings. The van der Waals surface area contributed by atoms with Crippen LogP contribution in [0.5, 0.6) is 0 Å². The van der Waals surface area contributed by atoms with Crippen LogP contribution in [0.25, 0.3) is 10.8 Å². The van der Waals surface area contributed by atoms with Gasteiger partial charge in [0.25, 0.3) is 15.9 Å². The van der Waals surface area contributed by atoms with E-state index in [1.165, 1.54) is 12.1 Å². The minimum absolute atomic E-state index is 0.0361. The molecule has 2 N–H and O–H groups in total. The summed E-state index contributed by atoms with van der Waals surface area (Å²) in [5.41, 5.74) is 1.57. The van der Waals surface area contributed by atoms with Crippen LogP contribution in [-0.2, 0) is 10.0 Å². The molecule has 0 fully saturated rings. The highest BCUT2D eigenvalue weighted by Crippen LogP contribution is 2.26. The van der Waals surface area contributed by atoms with E-state index < -0.39 is 10.0 Å². The zero-order valence-electron chi connectivity index (χ0n) is 15.5. The molecule has 27 heavy (non-hydrogen) atoms. The minimum Gasteiger partial charge on any atom is -0.350 e. The Bertz CT molecular complexity index is 1100. The molecule has 0 aliphatic heterocycles. The van der Waals surface area contributed by atoms with Crippen molar-refractivity contribution in [1.29, 1.82) is 0 Å². The first-order valence-electron chi connectivity index (χ1n) is 8.70. The second kappa shape index (κ2) is 7.40. The fourth-order valence-electron chi connectivity index (χ4n) is 2.87. The van der Waals surface area contributed by atoms with E-state index in [1.54, 1.807) is 25.1 Å². The normalized spacial score (nSPS) is 11.6. The fraction of sp³-hybridized carbons (Fsp3) is 0.190. The number of rotatable bonds is 5. The number of carbonyl (C=O) groups excluding carboxylic acids is 1. The molecule has 140 valence electrons. The molecule has 0 atom stereocenters. The summed E-state index contributed by atoms with van der Waals surface area (Å²) in [6.07, 6.45) is 0. The van der Waals surface area contributed by atoms with Crippen molar-refractivity contribution in [2.75, 3.05) is 4.72 Å². The molecule has 5 nitrogen and oxygen atoms in total. The number of fused-ring (bicyclic) bond motifs is 1. The van der Waals surface area contributed by atoms with E-state index in [9.17, 15) is 13.2 Å². The molecule has 0 aromatic heterocycles. The lowest BCUT2D eigenvalue weighted by Gasteiger charge is -2.14. The lowest BCUT2D eigenvalue weighted by Crippen LogP contribution is -2.30. The molecule has 0 bridgehead atoms. The highest BCUT2D eigenvalue weighted by Gasteiger charge is 2.19. The maximum absolute atomic E-state index is 12.9. The molecular weight excluding hydrogens is 360 g/mol. The number of amides is 1. The molecule has 1 amide bonds. The Hall–Kier alpha value is -2.86. The quantitative estimate of drug-likeness (QED) is 0.698. The first kappa shape index (κ1) is 18.9. The molecule has 0 radical (unpaired) electrons. The van der Waals surface area contributed by atoms with Gasteiger partial charge in [-0.25, -0.2) is 8.42 Å². The van der Waals surface area contributed by atoms with Gasteiger partial charge in [-0.15, -0.1) is 0 Å². The van der Waals surface area contributed by atoms with Crippen molar-refractivity contribution in [1.82, 2.24) is 5.32 Å². The van der Waals surface area contributed by atoms with Crippen molar-refractivity contribution in [2.24, 2.45) is 0 Å². The van der Waals surface area contributed by atoms with E-state index >= 15 is 0 Å². The number of hydrogen-bond acceptors (Lipinski definition) is 3. The molecule has 0 heterocycles. The molecule has 0 saturated carbocycles. The van der Waals surface area contributed by atoms with Crippen molar-refractivity contribution in [2.45, 2.75) is 31.7 Å². The van der Waals surface area contributed by atoms with Crippen molar-refractivity contribution in [3.05, 3.63) is 71.8 Å². The molecule has 0 unspecified atom stereocenters. The molecule has 0 saturated heterocycles. The Morgan fingerprint density at radius 1 is 0.963 bits per heavy atom. The summed E-state index contributed by atoms with van der Waals surface area (Å²) in [7, 11) is -3.84. The van der Waals surface area contributed by atoms with Crippen molar-refractivity contribution in [3.8, 4) is 0 Å². The van der Waals surface area contributed by atoms with Gasteiger partial charge in [0.05, 0.1) is 10.6 Å². The number of sulfonamides is 1. The van der Waals surface area contributed by atoms with Gasteiger partial charge in [-0.2, -0.15) is 0 Å². The summed E-state index contributed by atoms with van der Waals surface area (Å²) in [5.74, 6) is -0.287. The van der Waals surface area contributed by atoms with Crippen LogP contribution in [-0.4, -0.2) is 20.4 Å². The Labute approximate surface area is 159 Å². The lowest BCUT2D eigenvalue weighted by atomic mass is 10.1. The Morgan fingerprint density at radius 2 is 1.67 bits per heavy atom. The van der Waals surface area contributed by atoms with Crippen molar-refractivity contribution < 1.29 is 13.2 Å². The van der Waals surface area contributed by atoms with Gasteiger partial charge in [0.1, 0.15) is 0 Å². The maximum atomic E-state index is 12.9. The second-order valence-electron chi connectivity index (χ2n) is 6.74.